The van der Waals surface area contributed by atoms with E-state index in [1.54, 1.807) is 11.3 Å². The van der Waals surface area contributed by atoms with Crippen molar-refractivity contribution in [3.05, 3.63) is 45.9 Å². The Morgan fingerprint density at radius 2 is 1.95 bits per heavy atom. The molecule has 4 heteroatoms. The van der Waals surface area contributed by atoms with E-state index in [1.165, 1.54) is 16.9 Å². The molecule has 2 nitrogen and oxygen atoms in total. The van der Waals surface area contributed by atoms with Crippen molar-refractivity contribution in [3.63, 3.8) is 0 Å². The van der Waals surface area contributed by atoms with E-state index in [9.17, 15) is 0 Å². The molecule has 2 aromatic rings. The molecule has 1 aliphatic carbocycles. The van der Waals surface area contributed by atoms with Crippen LogP contribution in [0.4, 0.5) is 5.13 Å². The number of hydrogen-bond acceptors (Lipinski definition) is 3. The number of aromatic nitrogens is 1. The number of thiazole rings is 1. The van der Waals surface area contributed by atoms with Gasteiger partial charge in [-0.1, -0.05) is 37.6 Å². The van der Waals surface area contributed by atoms with Gasteiger partial charge in [-0.25, -0.2) is 4.98 Å². The first kappa shape index (κ1) is 13.9. The van der Waals surface area contributed by atoms with E-state index in [0.717, 1.165) is 23.0 Å². The maximum atomic E-state index is 5.99. The van der Waals surface area contributed by atoms with Crippen LogP contribution in [0, 0.1) is 0 Å². The molecule has 0 radical (unpaired) electrons. The summed E-state index contributed by atoms with van der Waals surface area (Å²) in [6, 6.07) is 8.21. The van der Waals surface area contributed by atoms with Crippen molar-refractivity contribution in [2.45, 2.75) is 44.6 Å². The molecule has 20 heavy (non-hydrogen) atoms. The average molecular weight is 307 g/mol. The molecule has 1 fully saturated rings. The Balaban J connectivity index is 1.83. The van der Waals surface area contributed by atoms with Crippen LogP contribution in [0.2, 0.25) is 5.02 Å². The first-order chi connectivity index (χ1) is 9.59. The van der Waals surface area contributed by atoms with Gasteiger partial charge in [0.05, 0.1) is 5.54 Å². The lowest BCUT2D eigenvalue weighted by Crippen LogP contribution is -2.41. The molecule has 0 bridgehead atoms. The fraction of sp³-hybridized carbons (Fsp3) is 0.438. The number of halogens is 1. The van der Waals surface area contributed by atoms with Crippen LogP contribution in [0.3, 0.4) is 0 Å². The highest BCUT2D eigenvalue weighted by atomic mass is 35.5. The Hall–Kier alpha value is -1.06. The number of nitrogens with one attached hydrogen (secondary N) is 1. The van der Waals surface area contributed by atoms with Gasteiger partial charge in [-0.05, 0) is 42.9 Å². The lowest BCUT2D eigenvalue weighted by molar-refractivity contribution is 0.284. The summed E-state index contributed by atoms with van der Waals surface area (Å²) in [5.41, 5.74) is 1.37. The molecule has 0 spiro atoms. The first-order valence-electron chi connectivity index (χ1n) is 7.09. The fourth-order valence-electron chi connectivity index (χ4n) is 2.60. The zero-order chi connectivity index (χ0) is 14.2. The van der Waals surface area contributed by atoms with Gasteiger partial charge in [0.15, 0.2) is 5.13 Å². The summed E-state index contributed by atoms with van der Waals surface area (Å²) in [5, 5.41) is 5.49. The van der Waals surface area contributed by atoms with Crippen molar-refractivity contribution >= 4 is 28.1 Å². The van der Waals surface area contributed by atoms with Gasteiger partial charge >= 0.3 is 0 Å². The first-order valence-corrected chi connectivity index (χ1v) is 8.28. The smallest absolute Gasteiger partial charge is 0.183 e. The van der Waals surface area contributed by atoms with Crippen LogP contribution in [0.15, 0.2) is 30.5 Å². The maximum Gasteiger partial charge on any atom is 0.183 e. The predicted octanol–water partition coefficient (Wildman–Crippen LogP) is 5.41. The number of rotatable bonds is 4. The SMILES string of the molecule is CC(C)c1cnc(NC2(c3ccc(Cl)cc3)CCC2)s1. The quantitative estimate of drug-likeness (QED) is 0.816. The standard InChI is InChI=1S/C16H19ClN2S/c1-11(2)14-10-18-15(20-14)19-16(8-3-9-16)12-4-6-13(17)7-5-12/h4-7,10-11H,3,8-9H2,1-2H3,(H,18,19). The Labute approximate surface area is 129 Å². The van der Waals surface area contributed by atoms with Crippen LogP contribution >= 0.6 is 22.9 Å². The van der Waals surface area contributed by atoms with Crippen LogP contribution in [0.1, 0.15) is 49.5 Å². The Morgan fingerprint density at radius 1 is 1.25 bits per heavy atom. The highest BCUT2D eigenvalue weighted by Crippen LogP contribution is 2.45. The molecule has 0 saturated heterocycles. The molecule has 0 amide bonds. The highest BCUT2D eigenvalue weighted by Gasteiger charge is 2.39. The maximum absolute atomic E-state index is 5.99. The van der Waals surface area contributed by atoms with Gasteiger partial charge in [0, 0.05) is 16.1 Å². The molecule has 0 atom stereocenters. The van der Waals surface area contributed by atoms with Crippen molar-refractivity contribution in [2.75, 3.05) is 5.32 Å². The lowest BCUT2D eigenvalue weighted by atomic mass is 9.72. The summed E-state index contributed by atoms with van der Waals surface area (Å²) in [4.78, 5) is 5.86. The molecular formula is C16H19ClN2S. The molecular weight excluding hydrogens is 288 g/mol. The molecule has 1 aliphatic rings. The van der Waals surface area contributed by atoms with Crippen LogP contribution < -0.4 is 5.32 Å². The average Bonchev–Trinajstić information content (AvgIpc) is 2.84. The van der Waals surface area contributed by atoms with Gasteiger partial charge in [-0.3, -0.25) is 0 Å². The lowest BCUT2D eigenvalue weighted by Gasteiger charge is -2.43. The van der Waals surface area contributed by atoms with Gasteiger partial charge in [0.1, 0.15) is 0 Å². The van der Waals surface area contributed by atoms with Gasteiger partial charge < -0.3 is 5.32 Å². The van der Waals surface area contributed by atoms with E-state index >= 15 is 0 Å². The second-order valence-corrected chi connectivity index (χ2v) is 7.29. The monoisotopic (exact) mass is 306 g/mol. The van der Waals surface area contributed by atoms with Crippen molar-refractivity contribution in [3.8, 4) is 0 Å². The number of anilines is 1. The number of nitrogens with zero attached hydrogens (tertiary/aromatic N) is 1. The minimum atomic E-state index is 0.0523. The second kappa shape index (κ2) is 5.38. The zero-order valence-corrected chi connectivity index (χ0v) is 13.4. The molecule has 1 aromatic heterocycles. The van der Waals surface area contributed by atoms with E-state index in [0.29, 0.717) is 5.92 Å². The summed E-state index contributed by atoms with van der Waals surface area (Å²) in [6.07, 6.45) is 5.57. The normalized spacial score (nSPS) is 17.0. The van der Waals surface area contributed by atoms with Gasteiger partial charge in [0.25, 0.3) is 0 Å². The van der Waals surface area contributed by atoms with Crippen molar-refractivity contribution in [2.24, 2.45) is 0 Å². The summed E-state index contributed by atoms with van der Waals surface area (Å²) >= 11 is 7.76. The molecule has 0 aliphatic heterocycles. The fourth-order valence-corrected chi connectivity index (χ4v) is 3.64. The molecule has 1 aromatic carbocycles. The molecule has 0 unspecified atom stereocenters. The van der Waals surface area contributed by atoms with Crippen molar-refractivity contribution in [1.29, 1.82) is 0 Å². The Bertz CT molecular complexity index is 585. The number of benzene rings is 1. The molecule has 1 saturated carbocycles. The third-order valence-corrected chi connectivity index (χ3v) is 5.51. The van der Waals surface area contributed by atoms with Crippen LogP contribution in [0.5, 0.6) is 0 Å². The highest BCUT2D eigenvalue weighted by molar-refractivity contribution is 7.15. The van der Waals surface area contributed by atoms with Crippen LogP contribution in [-0.2, 0) is 5.54 Å². The third kappa shape index (κ3) is 2.57. The van der Waals surface area contributed by atoms with E-state index in [2.05, 4.69) is 36.3 Å². The van der Waals surface area contributed by atoms with E-state index in [-0.39, 0.29) is 5.54 Å². The minimum Gasteiger partial charge on any atom is -0.352 e. The summed E-state index contributed by atoms with van der Waals surface area (Å²) in [5.74, 6) is 0.538. The zero-order valence-electron chi connectivity index (χ0n) is 11.8. The summed E-state index contributed by atoms with van der Waals surface area (Å²) < 4.78 is 0. The second-order valence-electron chi connectivity index (χ2n) is 5.79. The van der Waals surface area contributed by atoms with Crippen LogP contribution in [-0.4, -0.2) is 4.98 Å². The molecule has 1 N–H and O–H groups in total. The van der Waals surface area contributed by atoms with Gasteiger partial charge in [-0.2, -0.15) is 0 Å². The van der Waals surface area contributed by atoms with Crippen molar-refractivity contribution in [1.82, 2.24) is 4.98 Å². The van der Waals surface area contributed by atoms with E-state index in [1.807, 2.05) is 18.3 Å². The Kier molecular flexibility index (Phi) is 3.74. The van der Waals surface area contributed by atoms with E-state index in [4.69, 9.17) is 11.6 Å². The van der Waals surface area contributed by atoms with Gasteiger partial charge in [0.2, 0.25) is 0 Å². The molecule has 106 valence electrons. The molecule has 3 rings (SSSR count). The minimum absolute atomic E-state index is 0.0523. The summed E-state index contributed by atoms with van der Waals surface area (Å²) in [6.45, 7) is 4.41. The Morgan fingerprint density at radius 3 is 2.45 bits per heavy atom. The van der Waals surface area contributed by atoms with E-state index < -0.39 is 0 Å². The predicted molar refractivity (Wildman–Crippen MR) is 86.8 cm³/mol. The molecule has 1 heterocycles. The summed E-state index contributed by atoms with van der Waals surface area (Å²) in [7, 11) is 0. The topological polar surface area (TPSA) is 24.9 Å². The van der Waals surface area contributed by atoms with Crippen molar-refractivity contribution < 1.29 is 0 Å². The van der Waals surface area contributed by atoms with Crippen LogP contribution in [0.25, 0.3) is 0 Å². The third-order valence-electron chi connectivity index (χ3n) is 4.04. The number of hydrogen-bond donors (Lipinski definition) is 1. The van der Waals surface area contributed by atoms with Gasteiger partial charge in [-0.15, -0.1) is 11.3 Å². The largest absolute Gasteiger partial charge is 0.352 e.